The molecule has 1 spiro atoms. The smallest absolute Gasteiger partial charge is 0.243 e. The van der Waals surface area contributed by atoms with E-state index in [0.29, 0.717) is 16.2 Å². The molecule has 3 nitrogen and oxygen atoms in total. The number of nitrogens with zero attached hydrogens (tertiary/aromatic N) is 2. The van der Waals surface area contributed by atoms with E-state index >= 15 is 0 Å². The van der Waals surface area contributed by atoms with E-state index in [4.69, 9.17) is 5.10 Å². The predicted molar refractivity (Wildman–Crippen MR) is 104 cm³/mol. The molecule has 4 aliphatic carbocycles. The Hall–Kier alpha value is -1.64. The standard InChI is InChI=1S/C23H28N2O.H2/c1-3-4-10-18-16(15-8-6-5-7-9-15)14-25(24-18)19(26)13-22-20-17-11-12-21(22,2)23(17,20)22;/h5-9,16-17,20H,3-4,10-14H2,1-2H3;1H/t16?,17?,20?,21?,22-,23+;/m1./s1. The zero-order valence-corrected chi connectivity index (χ0v) is 15.9. The maximum absolute atomic E-state index is 13.1. The molecule has 4 fully saturated rings. The van der Waals surface area contributed by atoms with E-state index < -0.39 is 0 Å². The van der Waals surface area contributed by atoms with Crippen LogP contribution in [0.3, 0.4) is 0 Å². The highest BCUT2D eigenvalue weighted by molar-refractivity contribution is 5.95. The zero-order valence-electron chi connectivity index (χ0n) is 15.9. The maximum Gasteiger partial charge on any atom is 0.243 e. The fraction of sp³-hybridized carbons (Fsp3) is 0.652. The molecule has 0 aromatic heterocycles. The van der Waals surface area contributed by atoms with E-state index in [2.05, 4.69) is 44.2 Å². The third-order valence-corrected chi connectivity index (χ3v) is 9.06. The number of benzene rings is 1. The van der Waals surface area contributed by atoms with E-state index in [1.807, 2.05) is 5.01 Å². The lowest BCUT2D eigenvalue weighted by Gasteiger charge is -2.27. The molecule has 1 heterocycles. The summed E-state index contributed by atoms with van der Waals surface area (Å²) in [7, 11) is 0. The topological polar surface area (TPSA) is 32.7 Å². The highest BCUT2D eigenvalue weighted by Gasteiger charge is 3.18. The van der Waals surface area contributed by atoms with Crippen LogP contribution in [0.4, 0.5) is 0 Å². The first-order valence-corrected chi connectivity index (χ1v) is 10.5. The maximum atomic E-state index is 13.1. The number of amides is 1. The average Bonchev–Trinajstić information content (AvgIpc) is 3.50. The monoisotopic (exact) mass is 350 g/mol. The Labute approximate surface area is 157 Å². The molecule has 5 aliphatic rings. The lowest BCUT2D eigenvalue weighted by molar-refractivity contribution is -0.132. The summed E-state index contributed by atoms with van der Waals surface area (Å²) in [4.78, 5) is 13.1. The summed E-state index contributed by atoms with van der Waals surface area (Å²) >= 11 is 0. The van der Waals surface area contributed by atoms with Gasteiger partial charge >= 0.3 is 0 Å². The third kappa shape index (κ3) is 1.43. The molecule has 4 saturated carbocycles. The molecule has 1 aromatic rings. The highest BCUT2D eigenvalue weighted by atomic mass is 16.2. The summed E-state index contributed by atoms with van der Waals surface area (Å²) in [6, 6.07) is 10.6. The second kappa shape index (κ2) is 4.61. The van der Waals surface area contributed by atoms with Gasteiger partial charge in [0.1, 0.15) is 0 Å². The Bertz CT molecular complexity index is 832. The van der Waals surface area contributed by atoms with Gasteiger partial charge < -0.3 is 0 Å². The molecule has 4 unspecified atom stereocenters. The van der Waals surface area contributed by atoms with Gasteiger partial charge in [0.25, 0.3) is 0 Å². The van der Waals surface area contributed by atoms with Gasteiger partial charge in [0.05, 0.1) is 6.54 Å². The van der Waals surface area contributed by atoms with Crippen molar-refractivity contribution < 1.29 is 6.22 Å². The molecule has 3 heteroatoms. The van der Waals surface area contributed by atoms with Crippen LogP contribution in [0.1, 0.15) is 65.3 Å². The second-order valence-corrected chi connectivity index (χ2v) is 9.61. The van der Waals surface area contributed by atoms with Gasteiger partial charge in [-0.15, -0.1) is 0 Å². The average molecular weight is 351 g/mol. The normalized spacial score (nSPS) is 45.8. The van der Waals surface area contributed by atoms with Crippen LogP contribution in [0, 0.1) is 28.1 Å². The Morgan fingerprint density at radius 3 is 2.81 bits per heavy atom. The van der Waals surface area contributed by atoms with Gasteiger partial charge in [-0.1, -0.05) is 50.6 Å². The number of carbonyl (C=O) groups excluding carboxylic acids is 1. The molecular formula is C23H30N2O. The second-order valence-electron chi connectivity index (χ2n) is 9.61. The van der Waals surface area contributed by atoms with Crippen molar-refractivity contribution in [3.63, 3.8) is 0 Å². The van der Waals surface area contributed by atoms with Crippen LogP contribution in [0.2, 0.25) is 0 Å². The van der Waals surface area contributed by atoms with E-state index in [1.54, 1.807) is 0 Å². The van der Waals surface area contributed by atoms with Crippen molar-refractivity contribution in [3.8, 4) is 0 Å². The third-order valence-electron chi connectivity index (χ3n) is 9.06. The summed E-state index contributed by atoms with van der Waals surface area (Å²) in [6.07, 6.45) is 6.88. The lowest BCUT2D eigenvalue weighted by Crippen LogP contribution is -2.30. The van der Waals surface area contributed by atoms with Gasteiger partial charge in [0.15, 0.2) is 0 Å². The van der Waals surface area contributed by atoms with Crippen molar-refractivity contribution in [1.82, 2.24) is 5.01 Å². The number of carbonyl (C=O) groups is 1. The van der Waals surface area contributed by atoms with E-state index in [0.717, 1.165) is 37.6 Å². The number of fused-ring (bicyclic) bond motifs is 3. The Kier molecular flexibility index (Phi) is 2.73. The largest absolute Gasteiger partial charge is 0.273 e. The first-order chi connectivity index (χ1) is 12.6. The minimum absolute atomic E-state index is 0. The Morgan fingerprint density at radius 2 is 2.15 bits per heavy atom. The van der Waals surface area contributed by atoms with Crippen molar-refractivity contribution >= 4 is 11.6 Å². The molecule has 6 atom stereocenters. The minimum Gasteiger partial charge on any atom is -0.273 e. The summed E-state index contributed by atoms with van der Waals surface area (Å²) in [5.41, 5.74) is 4.06. The highest BCUT2D eigenvalue weighted by Crippen LogP contribution is 3.20. The van der Waals surface area contributed by atoms with Crippen LogP contribution >= 0.6 is 0 Å². The SMILES string of the molecule is CCCCC1=NN(C(=O)C[C@@]23C4C5CCC2(C)[C@]543)CC1c1ccccc1.[HH]. The Balaban J connectivity index is 0.00000160. The molecule has 0 radical (unpaired) electrons. The predicted octanol–water partition coefficient (Wildman–Crippen LogP) is 4.84. The fourth-order valence-corrected chi connectivity index (χ4v) is 7.93. The molecule has 1 aromatic carbocycles. The molecule has 0 saturated heterocycles. The first-order valence-electron chi connectivity index (χ1n) is 10.5. The molecule has 0 N–H and O–H groups in total. The van der Waals surface area contributed by atoms with E-state index in [-0.39, 0.29) is 13.3 Å². The minimum atomic E-state index is 0. The molecule has 0 bridgehead atoms. The van der Waals surface area contributed by atoms with Crippen molar-refractivity contribution in [2.75, 3.05) is 6.54 Å². The van der Waals surface area contributed by atoms with Crippen LogP contribution in [0.15, 0.2) is 35.4 Å². The van der Waals surface area contributed by atoms with Gasteiger partial charge in [-0.2, -0.15) is 5.10 Å². The van der Waals surface area contributed by atoms with Crippen LogP contribution in [0.5, 0.6) is 0 Å². The number of hydrogen-bond donors (Lipinski definition) is 0. The van der Waals surface area contributed by atoms with E-state index in [9.17, 15) is 4.79 Å². The zero-order chi connectivity index (χ0) is 17.7. The van der Waals surface area contributed by atoms with Crippen LogP contribution in [-0.2, 0) is 4.79 Å². The fourth-order valence-electron chi connectivity index (χ4n) is 7.93. The van der Waals surface area contributed by atoms with Crippen molar-refractivity contribution in [2.24, 2.45) is 33.2 Å². The van der Waals surface area contributed by atoms with Gasteiger partial charge in [-0.05, 0) is 59.3 Å². The number of rotatable bonds is 6. The summed E-state index contributed by atoms with van der Waals surface area (Å²) in [5, 5.41) is 6.67. The van der Waals surface area contributed by atoms with E-state index in [1.165, 1.54) is 30.5 Å². The quantitative estimate of drug-likeness (QED) is 0.722. The summed E-state index contributed by atoms with van der Waals surface area (Å²) in [6.45, 7) is 5.42. The van der Waals surface area contributed by atoms with Crippen LogP contribution in [0.25, 0.3) is 0 Å². The van der Waals surface area contributed by atoms with Gasteiger partial charge in [-0.25, -0.2) is 5.01 Å². The van der Waals surface area contributed by atoms with Crippen molar-refractivity contribution in [2.45, 2.75) is 58.3 Å². The van der Waals surface area contributed by atoms with Gasteiger partial charge in [-0.3, -0.25) is 4.79 Å². The lowest BCUT2D eigenvalue weighted by atomic mass is 9.78. The summed E-state index contributed by atoms with van der Waals surface area (Å²) in [5.74, 6) is 2.47. The molecular weight excluding hydrogens is 320 g/mol. The van der Waals surface area contributed by atoms with Gasteiger partial charge in [0, 0.05) is 19.5 Å². The number of hydrogen-bond acceptors (Lipinski definition) is 2. The number of hydrazone groups is 1. The van der Waals surface area contributed by atoms with Crippen molar-refractivity contribution in [3.05, 3.63) is 35.9 Å². The number of unbranched alkanes of at least 4 members (excludes halogenated alkanes) is 1. The first kappa shape index (κ1) is 15.4. The molecule has 6 rings (SSSR count). The molecule has 1 amide bonds. The molecule has 26 heavy (non-hydrogen) atoms. The molecule has 138 valence electrons. The molecule has 1 aliphatic heterocycles. The van der Waals surface area contributed by atoms with Crippen LogP contribution in [-0.4, -0.2) is 23.2 Å². The Morgan fingerprint density at radius 1 is 1.35 bits per heavy atom. The summed E-state index contributed by atoms with van der Waals surface area (Å²) < 4.78 is 0. The van der Waals surface area contributed by atoms with Gasteiger partial charge in [0.2, 0.25) is 5.91 Å². The van der Waals surface area contributed by atoms with Crippen LogP contribution < -0.4 is 0 Å². The van der Waals surface area contributed by atoms with Crippen molar-refractivity contribution in [1.29, 1.82) is 0 Å².